The minimum absolute atomic E-state index is 0.0877. The summed E-state index contributed by atoms with van der Waals surface area (Å²) in [6, 6.07) is 4.72. The highest BCUT2D eigenvalue weighted by atomic mass is 19.2. The van der Waals surface area contributed by atoms with Crippen LogP contribution >= 0.6 is 0 Å². The van der Waals surface area contributed by atoms with Crippen molar-refractivity contribution < 1.29 is 27.4 Å². The average molecular weight is 434 g/mol. The summed E-state index contributed by atoms with van der Waals surface area (Å²) in [6.45, 7) is 4.57. The van der Waals surface area contributed by atoms with E-state index in [-0.39, 0.29) is 36.0 Å². The third-order valence-corrected chi connectivity index (χ3v) is 6.37. The third-order valence-electron chi connectivity index (χ3n) is 6.37. The molecule has 0 radical (unpaired) electrons. The predicted octanol–water partition coefficient (Wildman–Crippen LogP) is 7.18. The standard InChI is InChI=1S/C25H29F3O3/c1-3-5-15-6-8-16(9-7-15)14-30-19-11-10-17-12-18-13-20(29-4-2)21(26)23(28)25(18)31-24(17)22(19)27/h10-11,13,15-16H,3-9,12,14H2,1-2H3. The molecule has 4 rings (SSSR count). The van der Waals surface area contributed by atoms with Crippen molar-refractivity contribution >= 4 is 0 Å². The normalized spacial score (nSPS) is 19.9. The van der Waals surface area contributed by atoms with Crippen LogP contribution in [0.4, 0.5) is 13.2 Å². The number of rotatable bonds is 7. The lowest BCUT2D eigenvalue weighted by molar-refractivity contribution is 0.173. The molecule has 6 heteroatoms. The van der Waals surface area contributed by atoms with Gasteiger partial charge in [-0.3, -0.25) is 0 Å². The fraction of sp³-hybridized carbons (Fsp3) is 0.520. The van der Waals surface area contributed by atoms with E-state index in [1.165, 1.54) is 31.7 Å². The lowest BCUT2D eigenvalue weighted by Gasteiger charge is -2.28. The number of ether oxygens (including phenoxy) is 3. The Balaban J connectivity index is 1.47. The summed E-state index contributed by atoms with van der Waals surface area (Å²) >= 11 is 0. The van der Waals surface area contributed by atoms with Gasteiger partial charge in [-0.2, -0.15) is 13.2 Å². The quantitative estimate of drug-likeness (QED) is 0.394. The van der Waals surface area contributed by atoms with Gasteiger partial charge in [0.2, 0.25) is 17.5 Å². The SMILES string of the molecule is CCCC1CCC(COc2ccc3c(c2F)Oc2c(cc(OCC)c(F)c2F)C3)CC1. The molecule has 0 N–H and O–H groups in total. The molecule has 1 heterocycles. The molecule has 2 aromatic rings. The molecule has 31 heavy (non-hydrogen) atoms. The molecule has 1 aliphatic heterocycles. The summed E-state index contributed by atoms with van der Waals surface area (Å²) in [5, 5.41) is 0. The first-order valence-electron chi connectivity index (χ1n) is 11.3. The number of hydrogen-bond donors (Lipinski definition) is 0. The van der Waals surface area contributed by atoms with E-state index in [2.05, 4.69) is 6.92 Å². The van der Waals surface area contributed by atoms with Crippen LogP contribution in [-0.4, -0.2) is 13.2 Å². The van der Waals surface area contributed by atoms with Crippen LogP contribution < -0.4 is 14.2 Å². The zero-order chi connectivity index (χ0) is 22.0. The van der Waals surface area contributed by atoms with E-state index in [0.29, 0.717) is 23.7 Å². The Bertz CT molecular complexity index is 936. The summed E-state index contributed by atoms with van der Waals surface area (Å²) in [7, 11) is 0. The Morgan fingerprint density at radius 1 is 0.839 bits per heavy atom. The molecule has 0 saturated heterocycles. The summed E-state index contributed by atoms with van der Waals surface area (Å²) in [4.78, 5) is 0. The molecule has 3 nitrogen and oxygen atoms in total. The Morgan fingerprint density at radius 3 is 2.26 bits per heavy atom. The molecule has 1 saturated carbocycles. The van der Waals surface area contributed by atoms with Gasteiger partial charge < -0.3 is 14.2 Å². The Morgan fingerprint density at radius 2 is 1.55 bits per heavy atom. The van der Waals surface area contributed by atoms with Crippen molar-refractivity contribution in [3.8, 4) is 23.0 Å². The largest absolute Gasteiger partial charge is 0.491 e. The second-order valence-electron chi connectivity index (χ2n) is 8.56. The maximum atomic E-state index is 15.1. The number of halogens is 3. The maximum absolute atomic E-state index is 15.1. The Kier molecular flexibility index (Phi) is 6.63. The van der Waals surface area contributed by atoms with Gasteiger partial charge in [-0.15, -0.1) is 0 Å². The first-order chi connectivity index (χ1) is 15.0. The summed E-state index contributed by atoms with van der Waals surface area (Å²) < 4.78 is 60.3. The topological polar surface area (TPSA) is 27.7 Å². The van der Waals surface area contributed by atoms with E-state index >= 15 is 4.39 Å². The second kappa shape index (κ2) is 9.41. The fourth-order valence-corrected chi connectivity index (χ4v) is 4.69. The van der Waals surface area contributed by atoms with Crippen LogP contribution in [0, 0.1) is 29.3 Å². The molecule has 0 spiro atoms. The lowest BCUT2D eigenvalue weighted by atomic mass is 9.80. The van der Waals surface area contributed by atoms with E-state index in [9.17, 15) is 8.78 Å². The van der Waals surface area contributed by atoms with Crippen LogP contribution in [0.2, 0.25) is 0 Å². The second-order valence-corrected chi connectivity index (χ2v) is 8.56. The summed E-state index contributed by atoms with van der Waals surface area (Å²) in [5.74, 6) is -2.22. The van der Waals surface area contributed by atoms with Gasteiger partial charge in [0.15, 0.2) is 23.0 Å². The van der Waals surface area contributed by atoms with Crippen LogP contribution in [0.3, 0.4) is 0 Å². The van der Waals surface area contributed by atoms with Crippen molar-refractivity contribution in [2.75, 3.05) is 13.2 Å². The van der Waals surface area contributed by atoms with Crippen LogP contribution in [0.25, 0.3) is 0 Å². The highest BCUT2D eigenvalue weighted by Gasteiger charge is 2.29. The van der Waals surface area contributed by atoms with E-state index in [1.54, 1.807) is 19.1 Å². The van der Waals surface area contributed by atoms with Crippen molar-refractivity contribution in [2.45, 2.75) is 58.8 Å². The van der Waals surface area contributed by atoms with Gasteiger partial charge in [0, 0.05) is 17.5 Å². The molecule has 2 aliphatic rings. The van der Waals surface area contributed by atoms with Gasteiger partial charge >= 0.3 is 0 Å². The molecule has 0 amide bonds. The van der Waals surface area contributed by atoms with Crippen molar-refractivity contribution in [1.29, 1.82) is 0 Å². The van der Waals surface area contributed by atoms with Gasteiger partial charge in [0.05, 0.1) is 13.2 Å². The zero-order valence-corrected chi connectivity index (χ0v) is 18.1. The van der Waals surface area contributed by atoms with Crippen molar-refractivity contribution in [1.82, 2.24) is 0 Å². The predicted molar refractivity (Wildman–Crippen MR) is 113 cm³/mol. The minimum atomic E-state index is -1.17. The molecule has 1 aliphatic carbocycles. The lowest BCUT2D eigenvalue weighted by Crippen LogP contribution is -2.20. The number of fused-ring (bicyclic) bond motifs is 2. The van der Waals surface area contributed by atoms with Gasteiger partial charge in [0.1, 0.15) is 0 Å². The van der Waals surface area contributed by atoms with E-state index in [4.69, 9.17) is 14.2 Å². The third kappa shape index (κ3) is 4.48. The molecule has 0 bridgehead atoms. The van der Waals surface area contributed by atoms with Crippen LogP contribution in [0.5, 0.6) is 23.0 Å². The summed E-state index contributed by atoms with van der Waals surface area (Å²) in [5.41, 5.74) is 0.984. The Labute approximate surface area is 181 Å². The van der Waals surface area contributed by atoms with Gasteiger partial charge in [-0.05, 0) is 43.7 Å². The highest BCUT2D eigenvalue weighted by Crippen LogP contribution is 2.45. The van der Waals surface area contributed by atoms with Crippen molar-refractivity contribution in [3.63, 3.8) is 0 Å². The zero-order valence-electron chi connectivity index (χ0n) is 18.1. The van der Waals surface area contributed by atoms with E-state index in [0.717, 1.165) is 18.8 Å². The van der Waals surface area contributed by atoms with Crippen molar-refractivity contribution in [2.24, 2.45) is 11.8 Å². The Hall–Kier alpha value is -2.37. The highest BCUT2D eigenvalue weighted by molar-refractivity contribution is 5.55. The first-order valence-corrected chi connectivity index (χ1v) is 11.3. The van der Waals surface area contributed by atoms with Gasteiger partial charge in [0.25, 0.3) is 0 Å². The van der Waals surface area contributed by atoms with Crippen LogP contribution in [-0.2, 0) is 6.42 Å². The molecule has 168 valence electrons. The maximum Gasteiger partial charge on any atom is 0.207 e. The average Bonchev–Trinajstić information content (AvgIpc) is 2.77. The minimum Gasteiger partial charge on any atom is -0.491 e. The monoisotopic (exact) mass is 434 g/mol. The number of hydrogen-bond acceptors (Lipinski definition) is 3. The van der Waals surface area contributed by atoms with Crippen molar-refractivity contribution in [3.05, 3.63) is 46.8 Å². The summed E-state index contributed by atoms with van der Waals surface area (Å²) in [6.07, 6.45) is 7.29. The first kappa shape index (κ1) is 21.8. The van der Waals surface area contributed by atoms with Gasteiger partial charge in [-0.1, -0.05) is 38.7 Å². The molecule has 0 atom stereocenters. The molecule has 2 aromatic carbocycles. The molecular weight excluding hydrogens is 405 g/mol. The fourth-order valence-electron chi connectivity index (χ4n) is 4.69. The molecule has 1 fully saturated rings. The molecular formula is C25H29F3O3. The molecule has 0 unspecified atom stereocenters. The molecule has 0 aromatic heterocycles. The smallest absolute Gasteiger partial charge is 0.207 e. The number of benzene rings is 2. The van der Waals surface area contributed by atoms with E-state index < -0.39 is 17.5 Å². The van der Waals surface area contributed by atoms with Gasteiger partial charge in [-0.25, -0.2) is 0 Å². The van der Waals surface area contributed by atoms with Crippen LogP contribution in [0.1, 0.15) is 63.5 Å². The van der Waals surface area contributed by atoms with E-state index in [1.807, 2.05) is 0 Å². The van der Waals surface area contributed by atoms with Crippen LogP contribution in [0.15, 0.2) is 18.2 Å².